The van der Waals surface area contributed by atoms with Gasteiger partial charge >= 0.3 is 0 Å². The molecular weight excluding hydrogens is 406 g/mol. The van der Waals surface area contributed by atoms with Gasteiger partial charge in [0, 0.05) is 55.0 Å². The first kappa shape index (κ1) is 20.2. The summed E-state index contributed by atoms with van der Waals surface area (Å²) in [6.07, 6.45) is 4.87. The summed E-state index contributed by atoms with van der Waals surface area (Å²) < 4.78 is 10.7. The van der Waals surface area contributed by atoms with E-state index in [0.29, 0.717) is 29.7 Å². The van der Waals surface area contributed by atoms with E-state index in [-0.39, 0.29) is 18.4 Å². The number of hydrogen-bond acceptors (Lipinski definition) is 7. The number of anilines is 1. The largest absolute Gasteiger partial charge is 0.495 e. The molecule has 2 aromatic heterocycles. The molecule has 1 aromatic carbocycles. The maximum absolute atomic E-state index is 12.4. The third kappa shape index (κ3) is 4.71. The second kappa shape index (κ2) is 9.13. The molecule has 1 unspecified atom stereocenters. The molecular formula is C21H22ClN5O3. The Kier molecular flexibility index (Phi) is 6.13. The minimum Gasteiger partial charge on any atom is -0.495 e. The summed E-state index contributed by atoms with van der Waals surface area (Å²) in [5.41, 5.74) is 1.77. The molecule has 1 aliphatic rings. The number of nitrogens with one attached hydrogen (secondary N) is 1. The molecule has 30 heavy (non-hydrogen) atoms. The lowest BCUT2D eigenvalue weighted by molar-refractivity contribution is -0.121. The molecule has 1 N–H and O–H groups in total. The Morgan fingerprint density at radius 3 is 2.97 bits per heavy atom. The number of halogens is 1. The Labute approximate surface area is 179 Å². The Hall–Kier alpha value is -3.13. The number of rotatable bonds is 7. The first-order valence-corrected chi connectivity index (χ1v) is 10.1. The molecule has 0 radical (unpaired) electrons. The molecule has 1 atom stereocenters. The van der Waals surface area contributed by atoms with Gasteiger partial charge < -0.3 is 19.5 Å². The molecule has 1 aliphatic heterocycles. The minimum atomic E-state index is -0.0384. The number of methoxy groups -OCH3 is 1. The monoisotopic (exact) mass is 427 g/mol. The summed E-state index contributed by atoms with van der Waals surface area (Å²) in [4.78, 5) is 22.9. The number of aryl methyl sites for hydroxylation is 1. The predicted molar refractivity (Wildman–Crippen MR) is 113 cm³/mol. The van der Waals surface area contributed by atoms with Crippen LogP contribution in [-0.4, -0.2) is 47.3 Å². The lowest BCUT2D eigenvalue weighted by atomic mass is 10.2. The Bertz CT molecular complexity index is 1010. The zero-order chi connectivity index (χ0) is 20.9. The van der Waals surface area contributed by atoms with Crippen molar-refractivity contribution >= 4 is 23.2 Å². The van der Waals surface area contributed by atoms with E-state index in [2.05, 4.69) is 25.3 Å². The van der Waals surface area contributed by atoms with Gasteiger partial charge in [-0.25, -0.2) is 0 Å². The first-order chi connectivity index (χ1) is 14.6. The van der Waals surface area contributed by atoms with E-state index < -0.39 is 0 Å². The van der Waals surface area contributed by atoms with Crippen LogP contribution in [0.15, 0.2) is 47.2 Å². The van der Waals surface area contributed by atoms with Crippen molar-refractivity contribution in [3.8, 4) is 17.1 Å². The van der Waals surface area contributed by atoms with Gasteiger partial charge in [0.15, 0.2) is 0 Å². The zero-order valence-corrected chi connectivity index (χ0v) is 17.3. The number of amides is 1. The van der Waals surface area contributed by atoms with Crippen LogP contribution >= 0.6 is 11.6 Å². The summed E-state index contributed by atoms with van der Waals surface area (Å²) in [7, 11) is 1.64. The molecule has 1 fully saturated rings. The van der Waals surface area contributed by atoms with Crippen LogP contribution in [0.4, 0.5) is 5.69 Å². The van der Waals surface area contributed by atoms with E-state index in [0.717, 1.165) is 30.0 Å². The second-order valence-electron chi connectivity index (χ2n) is 7.06. The topological polar surface area (TPSA) is 93.4 Å². The average Bonchev–Trinajstić information content (AvgIpc) is 3.43. The van der Waals surface area contributed by atoms with Gasteiger partial charge in [0.1, 0.15) is 5.75 Å². The maximum atomic E-state index is 12.4. The molecule has 0 bridgehead atoms. The Balaban J connectivity index is 1.28. The van der Waals surface area contributed by atoms with Crippen molar-refractivity contribution in [3.63, 3.8) is 0 Å². The van der Waals surface area contributed by atoms with Gasteiger partial charge in [-0.2, -0.15) is 4.98 Å². The molecule has 0 spiro atoms. The highest BCUT2D eigenvalue weighted by Crippen LogP contribution is 2.33. The third-order valence-electron chi connectivity index (χ3n) is 5.01. The highest BCUT2D eigenvalue weighted by Gasteiger charge is 2.26. The molecule has 0 saturated carbocycles. The number of ether oxygens (including phenoxy) is 1. The molecule has 3 heterocycles. The van der Waals surface area contributed by atoms with E-state index >= 15 is 0 Å². The number of hydrogen-bond donors (Lipinski definition) is 1. The molecule has 0 aliphatic carbocycles. The minimum absolute atomic E-state index is 0.0384. The van der Waals surface area contributed by atoms with E-state index in [1.165, 1.54) is 0 Å². The van der Waals surface area contributed by atoms with Crippen LogP contribution in [0, 0.1) is 0 Å². The van der Waals surface area contributed by atoms with Crippen molar-refractivity contribution in [3.05, 3.63) is 53.6 Å². The highest BCUT2D eigenvalue weighted by atomic mass is 35.5. The highest BCUT2D eigenvalue weighted by molar-refractivity contribution is 6.30. The van der Waals surface area contributed by atoms with Crippen molar-refractivity contribution in [1.29, 1.82) is 0 Å². The number of pyridine rings is 1. The third-order valence-corrected chi connectivity index (χ3v) is 5.24. The van der Waals surface area contributed by atoms with Crippen LogP contribution in [0.1, 0.15) is 18.7 Å². The normalized spacial score (nSPS) is 15.9. The number of carbonyl (C=O) groups is 1. The standard InChI is InChI=1S/C21H22ClN5O3/c1-29-18-3-2-15(22)12-17(18)27-11-8-16(13-27)24-19(28)4-5-20-25-21(26-30-20)14-6-9-23-10-7-14/h2-3,6-7,9-10,12,16H,4-5,8,11,13H2,1H3,(H,24,28). The number of carbonyl (C=O) groups excluding carboxylic acids is 1. The summed E-state index contributed by atoms with van der Waals surface area (Å²) in [6, 6.07) is 9.23. The summed E-state index contributed by atoms with van der Waals surface area (Å²) in [5, 5.41) is 7.70. The zero-order valence-electron chi connectivity index (χ0n) is 16.5. The van der Waals surface area contributed by atoms with Crippen LogP contribution in [0.25, 0.3) is 11.4 Å². The van der Waals surface area contributed by atoms with Gasteiger partial charge in [-0.15, -0.1) is 0 Å². The summed E-state index contributed by atoms with van der Waals surface area (Å²) in [5.74, 6) is 1.67. The number of nitrogens with zero attached hydrogens (tertiary/aromatic N) is 4. The lowest BCUT2D eigenvalue weighted by Crippen LogP contribution is -2.37. The van der Waals surface area contributed by atoms with Gasteiger partial charge in [0.25, 0.3) is 0 Å². The van der Waals surface area contributed by atoms with Gasteiger partial charge in [-0.05, 0) is 36.8 Å². The van der Waals surface area contributed by atoms with Crippen LogP contribution in [0.5, 0.6) is 5.75 Å². The molecule has 4 rings (SSSR count). The molecule has 3 aromatic rings. The fraction of sp³-hybridized carbons (Fsp3) is 0.333. The average molecular weight is 428 g/mol. The van der Waals surface area contributed by atoms with Crippen LogP contribution in [0.3, 0.4) is 0 Å². The molecule has 1 amide bonds. The molecule has 156 valence electrons. The van der Waals surface area contributed by atoms with E-state index in [9.17, 15) is 4.79 Å². The number of aromatic nitrogens is 3. The number of benzene rings is 1. The quantitative estimate of drug-likeness (QED) is 0.619. The van der Waals surface area contributed by atoms with Crippen LogP contribution in [-0.2, 0) is 11.2 Å². The predicted octanol–water partition coefficient (Wildman–Crippen LogP) is 3.12. The second-order valence-corrected chi connectivity index (χ2v) is 7.50. The van der Waals surface area contributed by atoms with E-state index in [4.69, 9.17) is 20.9 Å². The smallest absolute Gasteiger partial charge is 0.227 e. The van der Waals surface area contributed by atoms with E-state index in [1.54, 1.807) is 25.6 Å². The maximum Gasteiger partial charge on any atom is 0.227 e. The van der Waals surface area contributed by atoms with E-state index in [1.807, 2.05) is 24.3 Å². The van der Waals surface area contributed by atoms with Gasteiger partial charge in [-0.1, -0.05) is 16.8 Å². The van der Waals surface area contributed by atoms with Crippen molar-refractivity contribution in [1.82, 2.24) is 20.4 Å². The fourth-order valence-electron chi connectivity index (χ4n) is 3.50. The summed E-state index contributed by atoms with van der Waals surface area (Å²) >= 11 is 6.14. The van der Waals surface area contributed by atoms with Crippen molar-refractivity contribution < 1.29 is 14.1 Å². The molecule has 9 heteroatoms. The molecule has 1 saturated heterocycles. The van der Waals surface area contributed by atoms with Crippen LogP contribution in [0.2, 0.25) is 5.02 Å². The molecule has 8 nitrogen and oxygen atoms in total. The van der Waals surface area contributed by atoms with Gasteiger partial charge in [-0.3, -0.25) is 9.78 Å². The van der Waals surface area contributed by atoms with Gasteiger partial charge in [0.2, 0.25) is 17.6 Å². The van der Waals surface area contributed by atoms with Crippen molar-refractivity contribution in [2.75, 3.05) is 25.1 Å². The van der Waals surface area contributed by atoms with Crippen molar-refractivity contribution in [2.45, 2.75) is 25.3 Å². The summed E-state index contributed by atoms with van der Waals surface area (Å²) in [6.45, 7) is 1.52. The first-order valence-electron chi connectivity index (χ1n) is 9.73. The SMILES string of the molecule is COc1ccc(Cl)cc1N1CCC(NC(=O)CCc2nc(-c3ccncc3)no2)C1. The Morgan fingerprint density at radius 1 is 1.33 bits per heavy atom. The van der Waals surface area contributed by atoms with Crippen molar-refractivity contribution in [2.24, 2.45) is 0 Å². The van der Waals surface area contributed by atoms with Gasteiger partial charge in [0.05, 0.1) is 12.8 Å². The van der Waals surface area contributed by atoms with Crippen LogP contribution < -0.4 is 15.0 Å². The fourth-order valence-corrected chi connectivity index (χ4v) is 3.67. The lowest BCUT2D eigenvalue weighted by Gasteiger charge is -2.21. The Morgan fingerprint density at radius 2 is 2.17 bits per heavy atom.